The minimum atomic E-state index is -0.634. The summed E-state index contributed by atoms with van der Waals surface area (Å²) in [5.41, 5.74) is 0.225. The van der Waals surface area contributed by atoms with Crippen molar-refractivity contribution in [3.63, 3.8) is 0 Å². The third-order valence-electron chi connectivity index (χ3n) is 3.99. The fraction of sp³-hybridized carbons (Fsp3) is 0.500. The molecule has 0 aromatic carbocycles. The van der Waals surface area contributed by atoms with Crippen LogP contribution in [0.4, 0.5) is 0 Å². The summed E-state index contributed by atoms with van der Waals surface area (Å²) in [6.07, 6.45) is 1.94. The molecule has 1 saturated heterocycles. The third kappa shape index (κ3) is 3.88. The molecule has 25 heavy (non-hydrogen) atoms. The summed E-state index contributed by atoms with van der Waals surface area (Å²) in [7, 11) is 0. The van der Waals surface area contributed by atoms with E-state index in [-0.39, 0.29) is 29.1 Å². The third-order valence-corrected chi connectivity index (χ3v) is 5.16. The number of ether oxygens (including phenoxy) is 2. The van der Waals surface area contributed by atoms with Gasteiger partial charge in [0.1, 0.15) is 15.5 Å². The van der Waals surface area contributed by atoms with Gasteiger partial charge in [-0.2, -0.15) is 0 Å². The van der Waals surface area contributed by atoms with Gasteiger partial charge in [-0.3, -0.25) is 9.59 Å². The van der Waals surface area contributed by atoms with E-state index in [1.54, 1.807) is 13.8 Å². The van der Waals surface area contributed by atoms with E-state index in [2.05, 4.69) is 15.3 Å². The highest BCUT2D eigenvalue weighted by molar-refractivity contribution is 7.20. The van der Waals surface area contributed by atoms with Crippen molar-refractivity contribution in [2.24, 2.45) is 0 Å². The van der Waals surface area contributed by atoms with Gasteiger partial charge >= 0.3 is 5.97 Å². The zero-order valence-electron chi connectivity index (χ0n) is 14.0. The van der Waals surface area contributed by atoms with Gasteiger partial charge in [-0.15, -0.1) is 11.3 Å². The molecule has 0 spiro atoms. The van der Waals surface area contributed by atoms with Crippen LogP contribution in [-0.2, 0) is 14.3 Å². The molecule has 0 radical (unpaired) electrons. The summed E-state index contributed by atoms with van der Waals surface area (Å²) in [6.45, 7) is 4.10. The maximum Gasteiger partial charge on any atom is 0.349 e. The van der Waals surface area contributed by atoms with Gasteiger partial charge in [0.05, 0.1) is 11.5 Å². The average Bonchev–Trinajstić information content (AvgIpc) is 3.18. The van der Waals surface area contributed by atoms with Crippen molar-refractivity contribution in [1.29, 1.82) is 0 Å². The first-order valence-electron chi connectivity index (χ1n) is 8.01. The molecule has 9 heteroatoms. The number of nitrogens with zero attached hydrogens (tertiary/aromatic N) is 1. The largest absolute Gasteiger partial charge is 0.451 e. The topological polar surface area (TPSA) is 110 Å². The molecule has 1 aliphatic heterocycles. The molecule has 0 aliphatic carbocycles. The van der Waals surface area contributed by atoms with Crippen molar-refractivity contribution in [3.8, 4) is 0 Å². The lowest BCUT2D eigenvalue weighted by atomic mass is 10.2. The molecule has 0 saturated carbocycles. The number of aryl methyl sites for hydroxylation is 2. The first kappa shape index (κ1) is 17.6. The number of hydrogen-bond acceptors (Lipinski definition) is 7. The average molecular weight is 365 g/mol. The van der Waals surface area contributed by atoms with Gasteiger partial charge in [-0.25, -0.2) is 9.78 Å². The van der Waals surface area contributed by atoms with E-state index in [1.165, 1.54) is 0 Å². The monoisotopic (exact) mass is 365 g/mol. The minimum Gasteiger partial charge on any atom is -0.451 e. The fourth-order valence-corrected chi connectivity index (χ4v) is 3.85. The lowest BCUT2D eigenvalue weighted by molar-refractivity contribution is -0.124. The van der Waals surface area contributed by atoms with Crippen molar-refractivity contribution in [2.75, 3.05) is 19.8 Å². The summed E-state index contributed by atoms with van der Waals surface area (Å²) in [5.74, 6) is -0.536. The van der Waals surface area contributed by atoms with Gasteiger partial charge in [0, 0.05) is 13.2 Å². The molecule has 1 fully saturated rings. The summed E-state index contributed by atoms with van der Waals surface area (Å²) < 4.78 is 10.5. The number of amides is 1. The number of H-pyrrole nitrogens is 1. The van der Waals surface area contributed by atoms with Crippen molar-refractivity contribution < 1.29 is 19.1 Å². The zero-order chi connectivity index (χ0) is 18.0. The predicted octanol–water partition coefficient (Wildman–Crippen LogP) is 1.05. The van der Waals surface area contributed by atoms with Crippen LogP contribution in [-0.4, -0.2) is 47.7 Å². The Hall–Kier alpha value is -2.26. The highest BCUT2D eigenvalue weighted by atomic mass is 32.1. The Kier molecular flexibility index (Phi) is 5.14. The molecule has 3 heterocycles. The highest BCUT2D eigenvalue weighted by Crippen LogP contribution is 2.27. The van der Waals surface area contributed by atoms with Crippen LogP contribution in [0.3, 0.4) is 0 Å². The molecule has 1 atom stereocenters. The molecule has 2 N–H and O–H groups in total. The maximum absolute atomic E-state index is 12.2. The Morgan fingerprint density at radius 2 is 2.24 bits per heavy atom. The van der Waals surface area contributed by atoms with Gasteiger partial charge < -0.3 is 19.8 Å². The van der Waals surface area contributed by atoms with Crippen LogP contribution in [0, 0.1) is 13.8 Å². The number of fused-ring (bicyclic) bond motifs is 1. The Bertz CT molecular complexity index is 867. The molecular weight excluding hydrogens is 346 g/mol. The van der Waals surface area contributed by atoms with Crippen molar-refractivity contribution in [2.45, 2.75) is 32.8 Å². The molecule has 8 nitrogen and oxygen atoms in total. The Labute approximate surface area is 147 Å². The van der Waals surface area contributed by atoms with E-state index >= 15 is 0 Å². The number of hydrogen-bond donors (Lipinski definition) is 2. The first-order valence-corrected chi connectivity index (χ1v) is 8.83. The van der Waals surface area contributed by atoms with Gasteiger partial charge in [-0.1, -0.05) is 0 Å². The number of esters is 1. The molecule has 3 rings (SSSR count). The summed E-state index contributed by atoms with van der Waals surface area (Å²) in [6, 6.07) is 0. The number of thiophene rings is 1. The number of rotatable bonds is 5. The lowest BCUT2D eigenvalue weighted by Crippen LogP contribution is -2.34. The normalized spacial score (nSPS) is 17.0. The molecule has 1 amide bonds. The van der Waals surface area contributed by atoms with Gasteiger partial charge in [-0.05, 0) is 32.3 Å². The second kappa shape index (κ2) is 7.32. The lowest BCUT2D eigenvalue weighted by Gasteiger charge is -2.10. The zero-order valence-corrected chi connectivity index (χ0v) is 14.8. The van der Waals surface area contributed by atoms with E-state index in [0.717, 1.165) is 24.2 Å². The van der Waals surface area contributed by atoms with Crippen molar-refractivity contribution >= 4 is 33.4 Å². The first-order chi connectivity index (χ1) is 12.0. The smallest absolute Gasteiger partial charge is 0.349 e. The highest BCUT2D eigenvalue weighted by Gasteiger charge is 2.21. The number of carbonyl (C=O) groups is 2. The van der Waals surface area contributed by atoms with Gasteiger partial charge in [0.2, 0.25) is 0 Å². The maximum atomic E-state index is 12.2. The number of aromatic nitrogens is 2. The van der Waals surface area contributed by atoms with E-state index in [0.29, 0.717) is 34.8 Å². The molecule has 0 unspecified atom stereocenters. The van der Waals surface area contributed by atoms with Crippen LogP contribution in [0.5, 0.6) is 0 Å². The Morgan fingerprint density at radius 1 is 1.44 bits per heavy atom. The molecule has 2 aromatic rings. The molecule has 0 bridgehead atoms. The van der Waals surface area contributed by atoms with E-state index < -0.39 is 5.97 Å². The van der Waals surface area contributed by atoms with Crippen LogP contribution in [0.2, 0.25) is 0 Å². The van der Waals surface area contributed by atoms with Crippen LogP contribution in [0.15, 0.2) is 4.79 Å². The quantitative estimate of drug-likeness (QED) is 0.767. The number of aromatic amines is 1. The molecule has 2 aromatic heterocycles. The second-order valence-corrected chi connectivity index (χ2v) is 6.90. The van der Waals surface area contributed by atoms with Crippen molar-refractivity contribution in [3.05, 3.63) is 26.6 Å². The standard InChI is InChI=1S/C16H19N3O5S/c1-8-12-14(21)18-9(2)19-15(12)25-13(8)16(22)24-7-11(20)17-6-10-4-3-5-23-10/h10H,3-7H2,1-2H3,(H,17,20)(H,18,19,21)/t10-/m1/s1. The molecule has 134 valence electrons. The summed E-state index contributed by atoms with van der Waals surface area (Å²) in [4.78, 5) is 43.6. The Morgan fingerprint density at radius 3 is 2.96 bits per heavy atom. The van der Waals surface area contributed by atoms with E-state index in [1.807, 2.05) is 0 Å². The number of nitrogens with one attached hydrogen (secondary N) is 2. The molecule has 1 aliphatic rings. The van der Waals surface area contributed by atoms with E-state index in [4.69, 9.17) is 9.47 Å². The fourth-order valence-electron chi connectivity index (χ4n) is 2.73. The van der Waals surface area contributed by atoms with Crippen LogP contribution in [0.1, 0.15) is 33.9 Å². The van der Waals surface area contributed by atoms with E-state index in [9.17, 15) is 14.4 Å². The van der Waals surface area contributed by atoms with Crippen molar-refractivity contribution in [1.82, 2.24) is 15.3 Å². The van der Waals surface area contributed by atoms with Gasteiger partial charge in [0.15, 0.2) is 6.61 Å². The van der Waals surface area contributed by atoms with Crippen LogP contribution < -0.4 is 10.9 Å². The predicted molar refractivity (Wildman–Crippen MR) is 92.0 cm³/mol. The molecular formula is C16H19N3O5S. The Balaban J connectivity index is 1.62. The summed E-state index contributed by atoms with van der Waals surface area (Å²) >= 11 is 1.09. The van der Waals surface area contributed by atoms with Crippen LogP contribution in [0.25, 0.3) is 10.2 Å². The SMILES string of the molecule is Cc1nc2sc(C(=O)OCC(=O)NC[C@H]3CCCO3)c(C)c2c(=O)[nH]1. The summed E-state index contributed by atoms with van der Waals surface area (Å²) in [5, 5.41) is 3.06. The van der Waals surface area contributed by atoms with Crippen LogP contribution >= 0.6 is 11.3 Å². The minimum absolute atomic E-state index is 0.0329. The second-order valence-electron chi connectivity index (χ2n) is 5.90. The number of carbonyl (C=O) groups excluding carboxylic acids is 2. The van der Waals surface area contributed by atoms with Gasteiger partial charge in [0.25, 0.3) is 11.5 Å².